The van der Waals surface area contributed by atoms with Gasteiger partial charge in [-0.2, -0.15) is 5.26 Å². The van der Waals surface area contributed by atoms with Crippen molar-refractivity contribution in [1.29, 1.82) is 5.26 Å². The summed E-state index contributed by atoms with van der Waals surface area (Å²) in [6, 6.07) is 18.6. The highest BCUT2D eigenvalue weighted by Gasteiger charge is 2.27. The number of piperidine rings is 1. The van der Waals surface area contributed by atoms with Gasteiger partial charge in [0.05, 0.1) is 101 Å². The summed E-state index contributed by atoms with van der Waals surface area (Å²) in [4.78, 5) is 24.5. The normalized spacial score (nSPS) is 16.0. The number of likely N-dealkylation sites (tertiary alicyclic amines) is 1. The second kappa shape index (κ2) is 22.3. The second-order valence-electron chi connectivity index (χ2n) is 13.9. The summed E-state index contributed by atoms with van der Waals surface area (Å²) < 4.78 is 47.1. The third kappa shape index (κ3) is 12.7. The van der Waals surface area contributed by atoms with E-state index >= 15 is 0 Å². The number of nitrogens with zero attached hydrogens (tertiary/aromatic N) is 5. The van der Waals surface area contributed by atoms with Gasteiger partial charge in [-0.05, 0) is 68.2 Å². The molecule has 2 aliphatic rings. The van der Waals surface area contributed by atoms with Crippen molar-refractivity contribution in [3.8, 4) is 17.7 Å². The Morgan fingerprint density at radius 3 is 2.14 bits per heavy atom. The van der Waals surface area contributed by atoms with Crippen molar-refractivity contribution in [3.05, 3.63) is 82.8 Å². The second-order valence-corrected chi connectivity index (χ2v) is 13.9. The van der Waals surface area contributed by atoms with E-state index in [4.69, 9.17) is 53.1 Å². The van der Waals surface area contributed by atoms with Crippen molar-refractivity contribution >= 4 is 17.0 Å². The first-order valence-corrected chi connectivity index (χ1v) is 19.6. The molecule has 4 aromatic rings. The minimum absolute atomic E-state index is 0.0458. The van der Waals surface area contributed by atoms with E-state index in [2.05, 4.69) is 21.6 Å². The molecule has 1 atom stereocenters. The van der Waals surface area contributed by atoms with Gasteiger partial charge in [0.1, 0.15) is 30.3 Å². The predicted octanol–water partition coefficient (Wildman–Crippen LogP) is 4.84. The number of carbonyl (C=O) groups is 1. The fraction of sp³-hybridized carbons (Fsp3) is 0.524. The molecule has 15 nitrogen and oxygen atoms in total. The smallest absolute Gasteiger partial charge is 0.335 e. The quantitative estimate of drug-likeness (QED) is 0.0906. The molecule has 2 aromatic carbocycles. The number of pyridine rings is 1. The molecule has 0 bridgehead atoms. The minimum Gasteiger partial charge on any atom is -0.489 e. The highest BCUT2D eigenvalue weighted by atomic mass is 16.6. The Morgan fingerprint density at radius 1 is 0.860 bits per heavy atom. The number of aromatic carboxylic acids is 1. The lowest BCUT2D eigenvalue weighted by atomic mass is 9.93. The molecule has 57 heavy (non-hydrogen) atoms. The summed E-state index contributed by atoms with van der Waals surface area (Å²) >= 11 is 0. The zero-order valence-electron chi connectivity index (χ0n) is 32.6. The van der Waals surface area contributed by atoms with Crippen LogP contribution in [0.1, 0.15) is 58.2 Å². The van der Waals surface area contributed by atoms with Gasteiger partial charge in [-0.3, -0.25) is 4.90 Å². The van der Waals surface area contributed by atoms with Crippen molar-refractivity contribution in [1.82, 2.24) is 19.4 Å². The summed E-state index contributed by atoms with van der Waals surface area (Å²) in [6.07, 6.45) is 2.84. The van der Waals surface area contributed by atoms with Gasteiger partial charge >= 0.3 is 5.97 Å². The van der Waals surface area contributed by atoms with E-state index in [0.717, 1.165) is 49.4 Å². The van der Waals surface area contributed by atoms with Gasteiger partial charge in [0.25, 0.3) is 0 Å². The molecule has 0 aliphatic carbocycles. The Morgan fingerprint density at radius 2 is 1.53 bits per heavy atom. The van der Waals surface area contributed by atoms with E-state index in [9.17, 15) is 9.90 Å². The number of rotatable bonds is 25. The van der Waals surface area contributed by atoms with Gasteiger partial charge in [-0.1, -0.05) is 18.2 Å². The number of imidazole rings is 1. The first-order chi connectivity index (χ1) is 28.0. The van der Waals surface area contributed by atoms with Crippen LogP contribution < -0.4 is 9.47 Å². The van der Waals surface area contributed by atoms with Crippen molar-refractivity contribution in [2.24, 2.45) is 0 Å². The number of carboxylic acid groups (broad SMARTS) is 1. The number of nitriles is 1. The number of benzene rings is 2. The van der Waals surface area contributed by atoms with Crippen LogP contribution in [0.2, 0.25) is 0 Å². The van der Waals surface area contributed by atoms with Crippen molar-refractivity contribution in [2.45, 2.75) is 51.0 Å². The van der Waals surface area contributed by atoms with E-state index in [1.165, 1.54) is 6.07 Å². The third-order valence-electron chi connectivity index (χ3n) is 9.94. The summed E-state index contributed by atoms with van der Waals surface area (Å²) in [5.41, 5.74) is 4.08. The van der Waals surface area contributed by atoms with Gasteiger partial charge in [0.15, 0.2) is 0 Å². The SMILES string of the molecule is COCCOCCOCCOCCOCCOc1cc(C(=O)O)cc2c1nc(CN1CCC(c3cccc(OCc4ccc(C#N)cc4)n3)CC1)n2C[C@@H]1CCO1. The van der Waals surface area contributed by atoms with Gasteiger partial charge < -0.3 is 47.6 Å². The summed E-state index contributed by atoms with van der Waals surface area (Å²) in [5, 5.41) is 19.1. The van der Waals surface area contributed by atoms with Gasteiger partial charge in [0, 0.05) is 31.4 Å². The molecule has 0 amide bonds. The van der Waals surface area contributed by atoms with Crippen LogP contribution in [0.25, 0.3) is 11.0 Å². The monoisotopic (exact) mass is 787 g/mol. The van der Waals surface area contributed by atoms with Crippen LogP contribution >= 0.6 is 0 Å². The molecule has 2 aromatic heterocycles. The molecular weight excluding hydrogens is 734 g/mol. The largest absolute Gasteiger partial charge is 0.489 e. The molecule has 2 fully saturated rings. The predicted molar refractivity (Wildman–Crippen MR) is 209 cm³/mol. The fourth-order valence-corrected chi connectivity index (χ4v) is 6.70. The number of hydrogen-bond donors (Lipinski definition) is 1. The van der Waals surface area contributed by atoms with Gasteiger partial charge in [0.2, 0.25) is 5.88 Å². The zero-order valence-corrected chi connectivity index (χ0v) is 32.6. The lowest BCUT2D eigenvalue weighted by Gasteiger charge is -2.32. The molecule has 0 radical (unpaired) electrons. The van der Waals surface area contributed by atoms with Crippen LogP contribution in [0, 0.1) is 11.3 Å². The standard InChI is InChI=1S/C42H53N5O10/c1-50-15-16-51-17-18-52-19-20-53-21-22-54-23-24-56-38-26-34(42(48)49)25-37-41(38)45-39(47(37)28-35-11-14-55-35)29-46-12-9-33(10-13-46)36-3-2-4-40(44-36)57-30-32-7-5-31(27-43)6-8-32/h2-8,25-26,33,35H,9-24,28-30H2,1H3,(H,48,49)/t35-/m0/s1. The molecule has 4 heterocycles. The number of methoxy groups -OCH3 is 1. The first kappa shape index (κ1) is 42.0. The fourth-order valence-electron chi connectivity index (χ4n) is 6.70. The van der Waals surface area contributed by atoms with E-state index in [0.29, 0.717) is 120 Å². The Bertz CT molecular complexity index is 1890. The average molecular weight is 788 g/mol. The van der Waals surface area contributed by atoms with Crippen LogP contribution in [-0.4, -0.2) is 129 Å². The Kier molecular flexibility index (Phi) is 16.4. The van der Waals surface area contributed by atoms with E-state index in [1.54, 1.807) is 25.3 Å². The highest BCUT2D eigenvalue weighted by molar-refractivity contribution is 5.95. The Hall–Kier alpha value is -4.66. The summed E-state index contributed by atoms with van der Waals surface area (Å²) in [7, 11) is 1.64. The third-order valence-corrected chi connectivity index (χ3v) is 9.94. The van der Waals surface area contributed by atoms with Crippen LogP contribution in [-0.2, 0) is 48.1 Å². The topological polar surface area (TPSA) is 169 Å². The van der Waals surface area contributed by atoms with Crippen molar-refractivity contribution in [3.63, 3.8) is 0 Å². The Labute approximate surface area is 333 Å². The lowest BCUT2D eigenvalue weighted by molar-refractivity contribution is -0.0592. The maximum atomic E-state index is 12.2. The molecule has 6 rings (SSSR count). The molecule has 2 saturated heterocycles. The maximum absolute atomic E-state index is 12.2. The van der Waals surface area contributed by atoms with E-state index in [-0.39, 0.29) is 18.3 Å². The van der Waals surface area contributed by atoms with E-state index < -0.39 is 5.97 Å². The number of carboxylic acids is 1. The van der Waals surface area contributed by atoms with Crippen LogP contribution in [0.4, 0.5) is 0 Å². The minimum atomic E-state index is -1.04. The van der Waals surface area contributed by atoms with Crippen molar-refractivity contribution < 1.29 is 47.8 Å². The zero-order chi connectivity index (χ0) is 39.7. The molecule has 2 aliphatic heterocycles. The van der Waals surface area contributed by atoms with E-state index in [1.807, 2.05) is 24.3 Å². The molecular formula is C42H53N5O10. The van der Waals surface area contributed by atoms with Crippen LogP contribution in [0.5, 0.6) is 11.6 Å². The highest BCUT2D eigenvalue weighted by Crippen LogP contribution is 2.33. The molecule has 306 valence electrons. The van der Waals surface area contributed by atoms with Crippen molar-refractivity contribution in [2.75, 3.05) is 92.9 Å². The molecule has 0 saturated carbocycles. The number of ether oxygens (including phenoxy) is 8. The maximum Gasteiger partial charge on any atom is 0.335 e. The van der Waals surface area contributed by atoms with Gasteiger partial charge in [-0.15, -0.1) is 0 Å². The molecule has 0 unspecified atom stereocenters. The van der Waals surface area contributed by atoms with Crippen LogP contribution in [0.15, 0.2) is 54.6 Å². The van der Waals surface area contributed by atoms with Crippen LogP contribution in [0.3, 0.4) is 0 Å². The first-order valence-electron chi connectivity index (χ1n) is 19.6. The number of fused-ring (bicyclic) bond motifs is 1. The Balaban J connectivity index is 1.01. The summed E-state index contributed by atoms with van der Waals surface area (Å²) in [6.45, 7) is 8.37. The number of hydrogen-bond acceptors (Lipinski definition) is 13. The lowest BCUT2D eigenvalue weighted by Crippen LogP contribution is -2.35. The molecule has 15 heteroatoms. The van der Waals surface area contributed by atoms with Gasteiger partial charge in [-0.25, -0.2) is 14.8 Å². The molecule has 1 N–H and O–H groups in total. The number of aromatic nitrogens is 3. The summed E-state index contributed by atoms with van der Waals surface area (Å²) in [5.74, 6) is 1.10. The average Bonchev–Trinajstić information content (AvgIpc) is 3.56. The molecule has 0 spiro atoms.